The Labute approximate surface area is 76.3 Å². The predicted octanol–water partition coefficient (Wildman–Crippen LogP) is 1.18. The largest absolute Gasteiger partial charge is 0.316 e. The lowest BCUT2D eigenvalue weighted by atomic mass is 9.99. The maximum absolute atomic E-state index is 3.31. The van der Waals surface area contributed by atoms with Crippen molar-refractivity contribution < 1.29 is 0 Å². The summed E-state index contributed by atoms with van der Waals surface area (Å²) >= 11 is 0. The molecule has 0 aromatic carbocycles. The Morgan fingerprint density at radius 3 is 2.50 bits per heavy atom. The molecule has 2 nitrogen and oxygen atoms in total. The molecule has 0 amide bonds. The van der Waals surface area contributed by atoms with Crippen LogP contribution in [0.15, 0.2) is 0 Å². The number of nitrogens with zero attached hydrogens (tertiary/aromatic N) is 1. The van der Waals surface area contributed by atoms with Gasteiger partial charge in [0.05, 0.1) is 0 Å². The molecule has 0 radical (unpaired) electrons. The van der Waals surface area contributed by atoms with E-state index in [1.165, 1.54) is 32.6 Å². The molecular weight excluding hydrogens is 148 g/mol. The van der Waals surface area contributed by atoms with Gasteiger partial charge in [0.1, 0.15) is 0 Å². The van der Waals surface area contributed by atoms with E-state index in [0.717, 1.165) is 11.8 Å². The van der Waals surface area contributed by atoms with Gasteiger partial charge in [0.25, 0.3) is 0 Å². The fourth-order valence-electron chi connectivity index (χ4n) is 1.67. The molecule has 1 rings (SSSR count). The van der Waals surface area contributed by atoms with Gasteiger partial charge in [-0.1, -0.05) is 13.8 Å². The number of rotatable bonds is 5. The van der Waals surface area contributed by atoms with Gasteiger partial charge in [-0.3, -0.25) is 0 Å². The maximum atomic E-state index is 3.31. The van der Waals surface area contributed by atoms with Crippen LogP contribution in [0.2, 0.25) is 0 Å². The fourth-order valence-corrected chi connectivity index (χ4v) is 1.67. The van der Waals surface area contributed by atoms with Crippen LogP contribution in [0, 0.1) is 11.8 Å². The van der Waals surface area contributed by atoms with Crippen molar-refractivity contribution in [3.8, 4) is 0 Å². The van der Waals surface area contributed by atoms with E-state index in [9.17, 15) is 0 Å². The molecule has 0 aliphatic carbocycles. The lowest BCUT2D eigenvalue weighted by Crippen LogP contribution is -2.43. The van der Waals surface area contributed by atoms with Gasteiger partial charge in [-0.25, -0.2) is 0 Å². The molecule has 12 heavy (non-hydrogen) atoms. The van der Waals surface area contributed by atoms with E-state index in [2.05, 4.69) is 31.1 Å². The smallest absolute Gasteiger partial charge is 0.000133 e. The molecule has 72 valence electrons. The van der Waals surface area contributed by atoms with Gasteiger partial charge in [0.15, 0.2) is 0 Å². The van der Waals surface area contributed by atoms with Crippen LogP contribution in [0.4, 0.5) is 0 Å². The maximum Gasteiger partial charge on any atom is 0.000133 e. The van der Waals surface area contributed by atoms with Crippen molar-refractivity contribution in [2.24, 2.45) is 11.8 Å². The third kappa shape index (κ3) is 3.55. The summed E-state index contributed by atoms with van der Waals surface area (Å²) < 4.78 is 0. The molecule has 1 heterocycles. The van der Waals surface area contributed by atoms with Crippen LogP contribution in [0.3, 0.4) is 0 Å². The second-order valence-corrected chi connectivity index (χ2v) is 4.47. The molecule has 0 unspecified atom stereocenters. The van der Waals surface area contributed by atoms with E-state index in [-0.39, 0.29) is 0 Å². The Kier molecular flexibility index (Phi) is 4.02. The molecule has 1 saturated heterocycles. The first-order valence-corrected chi connectivity index (χ1v) is 5.07. The first-order chi connectivity index (χ1) is 5.68. The van der Waals surface area contributed by atoms with Crippen molar-refractivity contribution >= 4 is 0 Å². The summed E-state index contributed by atoms with van der Waals surface area (Å²) in [6.07, 6.45) is 1.37. The van der Waals surface area contributed by atoms with Crippen LogP contribution in [-0.2, 0) is 0 Å². The summed E-state index contributed by atoms with van der Waals surface area (Å²) in [5.74, 6) is 1.76. The molecule has 0 spiro atoms. The first kappa shape index (κ1) is 10.0. The summed E-state index contributed by atoms with van der Waals surface area (Å²) in [6, 6.07) is 0. The van der Waals surface area contributed by atoms with E-state index < -0.39 is 0 Å². The average Bonchev–Trinajstić information content (AvgIpc) is 1.81. The summed E-state index contributed by atoms with van der Waals surface area (Å²) in [5, 5.41) is 3.31. The van der Waals surface area contributed by atoms with Gasteiger partial charge in [-0.15, -0.1) is 0 Å². The van der Waals surface area contributed by atoms with Crippen LogP contribution < -0.4 is 5.32 Å². The van der Waals surface area contributed by atoms with Crippen molar-refractivity contribution in [2.45, 2.75) is 20.3 Å². The van der Waals surface area contributed by atoms with Gasteiger partial charge >= 0.3 is 0 Å². The van der Waals surface area contributed by atoms with Gasteiger partial charge in [-0.2, -0.15) is 0 Å². The topological polar surface area (TPSA) is 15.3 Å². The molecule has 0 atom stereocenters. The number of nitrogens with one attached hydrogen (secondary N) is 1. The SMILES string of the molecule is CC(C)CN(C)CCC1CNC1. The normalized spacial score (nSPS) is 18.8. The summed E-state index contributed by atoms with van der Waals surface area (Å²) in [4.78, 5) is 2.45. The molecule has 1 aliphatic heterocycles. The van der Waals surface area contributed by atoms with Crippen LogP contribution in [0.1, 0.15) is 20.3 Å². The van der Waals surface area contributed by atoms with Gasteiger partial charge in [-0.05, 0) is 44.9 Å². The van der Waals surface area contributed by atoms with Gasteiger partial charge < -0.3 is 10.2 Å². The highest BCUT2D eigenvalue weighted by Crippen LogP contribution is 2.09. The predicted molar refractivity (Wildman–Crippen MR) is 53.3 cm³/mol. The first-order valence-electron chi connectivity index (χ1n) is 5.07. The minimum absolute atomic E-state index is 0.800. The van der Waals surface area contributed by atoms with E-state index in [0.29, 0.717) is 0 Å². The Morgan fingerprint density at radius 1 is 1.42 bits per heavy atom. The molecule has 1 aliphatic rings. The molecule has 0 saturated carbocycles. The molecule has 2 heteroatoms. The van der Waals surface area contributed by atoms with Crippen molar-refractivity contribution in [3.63, 3.8) is 0 Å². The van der Waals surface area contributed by atoms with Crippen LogP contribution in [0.25, 0.3) is 0 Å². The van der Waals surface area contributed by atoms with E-state index in [4.69, 9.17) is 0 Å². The van der Waals surface area contributed by atoms with Gasteiger partial charge in [0.2, 0.25) is 0 Å². The van der Waals surface area contributed by atoms with Crippen molar-refractivity contribution in [2.75, 3.05) is 33.2 Å². The Hall–Kier alpha value is -0.0800. The highest BCUT2D eigenvalue weighted by molar-refractivity contribution is 4.75. The van der Waals surface area contributed by atoms with Gasteiger partial charge in [0, 0.05) is 6.54 Å². The van der Waals surface area contributed by atoms with Crippen molar-refractivity contribution in [3.05, 3.63) is 0 Å². The van der Waals surface area contributed by atoms with E-state index >= 15 is 0 Å². The quantitative estimate of drug-likeness (QED) is 0.666. The fraction of sp³-hybridized carbons (Fsp3) is 1.00. The van der Waals surface area contributed by atoms with E-state index in [1.807, 2.05) is 0 Å². The highest BCUT2D eigenvalue weighted by atomic mass is 15.1. The number of hydrogen-bond donors (Lipinski definition) is 1. The zero-order valence-electron chi connectivity index (χ0n) is 8.64. The van der Waals surface area contributed by atoms with Crippen LogP contribution in [-0.4, -0.2) is 38.1 Å². The number of hydrogen-bond acceptors (Lipinski definition) is 2. The molecule has 1 fully saturated rings. The molecule has 0 aromatic rings. The standard InChI is InChI=1S/C10H22N2/c1-9(2)8-12(3)5-4-10-6-11-7-10/h9-11H,4-8H2,1-3H3. The van der Waals surface area contributed by atoms with Crippen molar-refractivity contribution in [1.29, 1.82) is 0 Å². The molecule has 1 N–H and O–H groups in total. The highest BCUT2D eigenvalue weighted by Gasteiger charge is 2.16. The molecule has 0 bridgehead atoms. The second-order valence-electron chi connectivity index (χ2n) is 4.47. The Morgan fingerprint density at radius 2 is 2.08 bits per heavy atom. The zero-order chi connectivity index (χ0) is 8.97. The molecule has 0 aromatic heterocycles. The average molecular weight is 170 g/mol. The van der Waals surface area contributed by atoms with Crippen LogP contribution in [0.5, 0.6) is 0 Å². The lowest BCUT2D eigenvalue weighted by Gasteiger charge is -2.29. The Bertz CT molecular complexity index is 119. The summed E-state index contributed by atoms with van der Waals surface area (Å²) in [5.41, 5.74) is 0. The summed E-state index contributed by atoms with van der Waals surface area (Å²) in [7, 11) is 2.23. The summed E-state index contributed by atoms with van der Waals surface area (Å²) in [6.45, 7) is 9.55. The monoisotopic (exact) mass is 170 g/mol. The minimum atomic E-state index is 0.800. The van der Waals surface area contributed by atoms with E-state index in [1.54, 1.807) is 0 Å². The Balaban J connectivity index is 1.97. The molecular formula is C10H22N2. The van der Waals surface area contributed by atoms with Crippen molar-refractivity contribution in [1.82, 2.24) is 10.2 Å². The van der Waals surface area contributed by atoms with Crippen LogP contribution >= 0.6 is 0 Å². The zero-order valence-corrected chi connectivity index (χ0v) is 8.64. The third-order valence-electron chi connectivity index (χ3n) is 2.46. The lowest BCUT2D eigenvalue weighted by molar-refractivity contribution is 0.240. The third-order valence-corrected chi connectivity index (χ3v) is 2.46. The second kappa shape index (κ2) is 4.83. The minimum Gasteiger partial charge on any atom is -0.316 e.